The molecule has 1 aliphatic rings. The van der Waals surface area contributed by atoms with Gasteiger partial charge in [0.1, 0.15) is 16.1 Å². The molecule has 0 radical (unpaired) electrons. The van der Waals surface area contributed by atoms with E-state index < -0.39 is 59.2 Å². The van der Waals surface area contributed by atoms with Crippen LogP contribution in [0.4, 0.5) is 15.3 Å². The maximum atomic E-state index is 14.2. The van der Waals surface area contributed by atoms with Crippen molar-refractivity contribution in [2.75, 3.05) is 11.4 Å². The summed E-state index contributed by atoms with van der Waals surface area (Å²) in [6.45, 7) is 1.51. The molecule has 0 saturated carbocycles. The van der Waals surface area contributed by atoms with Gasteiger partial charge < -0.3 is 14.7 Å². The van der Waals surface area contributed by atoms with Gasteiger partial charge in [0, 0.05) is 26.3 Å². The molecule has 0 saturated heterocycles. The van der Waals surface area contributed by atoms with Gasteiger partial charge >= 0.3 is 12.2 Å². The van der Waals surface area contributed by atoms with Crippen LogP contribution >= 0.6 is 11.3 Å². The SMILES string of the molecule is [2H]C([2H])([2H])C1([2H])N(C(=O)OC(C)(C)C)C(=O)c2sc3ccc4c(ccc[n+]4[O-])c3c2N(C(=O)OC(C)(C)C)C1([2H])[2H]. The van der Waals surface area contributed by atoms with Gasteiger partial charge in [-0.15, -0.1) is 11.3 Å². The molecule has 9 nitrogen and oxygen atoms in total. The standard InChI is InChI=1S/C25H29N3O6S/c1-14-13-26(22(30)33-24(2,3)4)19-18-15-9-8-12-27(32)16(15)10-11-17(18)35-20(19)21(29)28(14)23(31)34-25(5,6)7/h8-12,14H,13H2,1-7H3/i1D3,13D2,14D. The second-order valence-electron chi connectivity index (χ2n) is 9.88. The van der Waals surface area contributed by atoms with Crippen LogP contribution < -0.4 is 9.63 Å². The first-order chi connectivity index (χ1) is 18.5. The van der Waals surface area contributed by atoms with Crippen molar-refractivity contribution in [3.05, 3.63) is 40.5 Å². The largest absolute Gasteiger partial charge is 0.618 e. The number of hydrogen-bond donors (Lipinski definition) is 0. The molecule has 35 heavy (non-hydrogen) atoms. The Morgan fingerprint density at radius 3 is 2.46 bits per heavy atom. The Kier molecular flexibility index (Phi) is 4.29. The van der Waals surface area contributed by atoms with Crippen LogP contribution in [0.1, 0.15) is 66.3 Å². The van der Waals surface area contributed by atoms with E-state index in [1.807, 2.05) is 0 Å². The molecule has 0 fully saturated rings. The van der Waals surface area contributed by atoms with Gasteiger partial charge in [-0.2, -0.15) is 4.73 Å². The highest BCUT2D eigenvalue weighted by molar-refractivity contribution is 7.21. The molecule has 0 spiro atoms. The normalized spacial score (nSPS) is 23.3. The molecular formula is C25H29N3O6S. The van der Waals surface area contributed by atoms with Gasteiger partial charge in [0.05, 0.1) is 27.7 Å². The fourth-order valence-corrected chi connectivity index (χ4v) is 4.68. The number of carbonyl (C=O) groups excluding carboxylic acids is 3. The third kappa shape index (κ3) is 4.62. The van der Waals surface area contributed by atoms with Crippen LogP contribution in [-0.4, -0.2) is 46.7 Å². The summed E-state index contributed by atoms with van der Waals surface area (Å²) in [6.07, 6.45) is -1.77. The molecule has 3 aromatic rings. The number of pyridine rings is 1. The van der Waals surface area contributed by atoms with Crippen molar-refractivity contribution in [3.63, 3.8) is 0 Å². The first-order valence-electron chi connectivity index (χ1n) is 13.7. The zero-order valence-corrected chi connectivity index (χ0v) is 20.9. The third-order valence-electron chi connectivity index (χ3n) is 4.78. The van der Waals surface area contributed by atoms with Gasteiger partial charge in [0.25, 0.3) is 5.91 Å². The molecule has 2 aromatic heterocycles. The summed E-state index contributed by atoms with van der Waals surface area (Å²) in [7, 11) is 0. The number of anilines is 1. The van der Waals surface area contributed by atoms with Gasteiger partial charge in [-0.3, -0.25) is 9.69 Å². The van der Waals surface area contributed by atoms with E-state index in [0.717, 1.165) is 11.3 Å². The van der Waals surface area contributed by atoms with Crippen molar-refractivity contribution >= 4 is 56.1 Å². The number of carbonyl (C=O) groups is 3. The summed E-state index contributed by atoms with van der Waals surface area (Å²) in [6, 6.07) is 2.16. The monoisotopic (exact) mass is 505 g/mol. The van der Waals surface area contributed by atoms with E-state index in [4.69, 9.17) is 17.7 Å². The first kappa shape index (κ1) is 18.0. The molecule has 186 valence electrons. The Hall–Kier alpha value is -3.40. The van der Waals surface area contributed by atoms with E-state index in [-0.39, 0.29) is 21.2 Å². The predicted molar refractivity (Wildman–Crippen MR) is 134 cm³/mol. The highest BCUT2D eigenvalue weighted by Crippen LogP contribution is 2.44. The maximum Gasteiger partial charge on any atom is 0.417 e. The number of aromatic nitrogens is 1. The minimum Gasteiger partial charge on any atom is -0.618 e. The maximum absolute atomic E-state index is 14.2. The Balaban J connectivity index is 2.21. The quantitative estimate of drug-likeness (QED) is 0.307. The lowest BCUT2D eigenvalue weighted by Crippen LogP contribution is -2.49. The van der Waals surface area contributed by atoms with Crippen molar-refractivity contribution in [3.8, 4) is 0 Å². The number of ether oxygens (including phenoxy) is 2. The van der Waals surface area contributed by atoms with Gasteiger partial charge in [-0.1, -0.05) is 0 Å². The smallest absolute Gasteiger partial charge is 0.417 e. The van der Waals surface area contributed by atoms with Crippen LogP contribution in [0, 0.1) is 5.21 Å². The minimum atomic E-state index is -3.72. The molecule has 1 aliphatic heterocycles. The van der Waals surface area contributed by atoms with Crippen LogP contribution in [-0.2, 0) is 9.47 Å². The molecular weight excluding hydrogens is 470 g/mol. The Morgan fingerprint density at radius 1 is 1.17 bits per heavy atom. The second kappa shape index (κ2) is 8.37. The average molecular weight is 506 g/mol. The number of benzene rings is 1. The van der Waals surface area contributed by atoms with Crippen molar-refractivity contribution < 1.29 is 36.8 Å². The van der Waals surface area contributed by atoms with Crippen molar-refractivity contribution in [2.24, 2.45) is 0 Å². The van der Waals surface area contributed by atoms with E-state index in [1.54, 1.807) is 0 Å². The summed E-state index contributed by atoms with van der Waals surface area (Å²) in [5.41, 5.74) is -2.81. The summed E-state index contributed by atoms with van der Waals surface area (Å²) >= 11 is 0.739. The Labute approximate surface area is 215 Å². The number of thiophene rings is 1. The van der Waals surface area contributed by atoms with Crippen molar-refractivity contribution in [2.45, 2.75) is 65.6 Å². The van der Waals surface area contributed by atoms with Gasteiger partial charge in [-0.25, -0.2) is 14.5 Å². The van der Waals surface area contributed by atoms with Crippen LogP contribution in [0.15, 0.2) is 30.5 Å². The summed E-state index contributed by atoms with van der Waals surface area (Å²) < 4.78 is 63.5. The molecule has 3 heterocycles. The summed E-state index contributed by atoms with van der Waals surface area (Å²) in [5, 5.41) is 12.9. The van der Waals surface area contributed by atoms with Gasteiger partial charge in [0.15, 0.2) is 6.20 Å². The van der Waals surface area contributed by atoms with Gasteiger partial charge in [-0.05, 0) is 60.5 Å². The summed E-state index contributed by atoms with van der Waals surface area (Å²) in [4.78, 5) is 41.3. The van der Waals surface area contributed by atoms with Crippen LogP contribution in [0.25, 0.3) is 21.0 Å². The predicted octanol–water partition coefficient (Wildman–Crippen LogP) is 5.21. The molecule has 0 bridgehead atoms. The second-order valence-corrected chi connectivity index (χ2v) is 10.9. The molecule has 1 aromatic carbocycles. The zero-order valence-electron chi connectivity index (χ0n) is 26.1. The number of fused-ring (bicyclic) bond motifs is 5. The lowest BCUT2D eigenvalue weighted by Gasteiger charge is -2.31. The Bertz CT molecular complexity index is 1590. The molecule has 10 heteroatoms. The minimum absolute atomic E-state index is 0.0646. The number of nitrogens with zero attached hydrogens (tertiary/aromatic N) is 3. The highest BCUT2D eigenvalue weighted by Gasteiger charge is 2.42. The van der Waals surface area contributed by atoms with Crippen molar-refractivity contribution in [1.29, 1.82) is 0 Å². The number of hydrogen-bond acceptors (Lipinski definition) is 7. The fraction of sp³-hybridized carbons (Fsp3) is 0.440. The molecule has 4 rings (SSSR count). The van der Waals surface area contributed by atoms with E-state index >= 15 is 0 Å². The van der Waals surface area contributed by atoms with Crippen LogP contribution in [0.2, 0.25) is 0 Å². The van der Waals surface area contributed by atoms with Crippen LogP contribution in [0.5, 0.6) is 0 Å². The van der Waals surface area contributed by atoms with E-state index in [9.17, 15) is 19.6 Å². The average Bonchev–Trinajstić information content (AvgIpc) is 3.13. The van der Waals surface area contributed by atoms with Gasteiger partial charge in [0.2, 0.25) is 5.52 Å². The molecule has 1 unspecified atom stereocenters. The third-order valence-corrected chi connectivity index (χ3v) is 5.92. The van der Waals surface area contributed by atoms with E-state index in [2.05, 4.69) is 0 Å². The highest BCUT2D eigenvalue weighted by atomic mass is 32.1. The number of amides is 3. The van der Waals surface area contributed by atoms with E-state index in [0.29, 0.717) is 14.3 Å². The Morgan fingerprint density at radius 2 is 1.83 bits per heavy atom. The van der Waals surface area contributed by atoms with E-state index in [1.165, 1.54) is 72.0 Å². The lowest BCUT2D eigenvalue weighted by atomic mass is 10.1. The topological polar surface area (TPSA) is 103 Å². The first-order valence-corrected chi connectivity index (χ1v) is 11.5. The number of rotatable bonds is 0. The zero-order chi connectivity index (χ0) is 31.1. The summed E-state index contributed by atoms with van der Waals surface area (Å²) in [5.74, 6) is -1.37. The molecule has 3 amide bonds. The fourth-order valence-electron chi connectivity index (χ4n) is 3.55. The van der Waals surface area contributed by atoms with Crippen molar-refractivity contribution in [1.82, 2.24) is 4.90 Å². The lowest BCUT2D eigenvalue weighted by molar-refractivity contribution is -0.576. The molecule has 0 N–H and O–H groups in total. The number of imide groups is 1. The van der Waals surface area contributed by atoms with Crippen LogP contribution in [0.3, 0.4) is 0 Å². The molecule has 0 aliphatic carbocycles. The molecule has 1 atom stereocenters.